The molecule has 1 fully saturated rings. The van der Waals surface area contributed by atoms with Gasteiger partial charge in [0, 0.05) is 30.3 Å². The molecule has 0 aliphatic carbocycles. The van der Waals surface area contributed by atoms with Gasteiger partial charge in [0.05, 0.1) is 30.4 Å². The fourth-order valence-electron chi connectivity index (χ4n) is 2.84. The van der Waals surface area contributed by atoms with Gasteiger partial charge in [0.25, 0.3) is 0 Å². The van der Waals surface area contributed by atoms with Crippen LogP contribution in [0.25, 0.3) is 0 Å². The summed E-state index contributed by atoms with van der Waals surface area (Å²) >= 11 is 0. The number of likely N-dealkylation sites (tertiary alicyclic amines) is 1. The maximum atomic E-state index is 12.3. The molecule has 25 heavy (non-hydrogen) atoms. The number of hydrogen-bond donors (Lipinski definition) is 1. The number of aliphatic imine (C=N–C) groups is 1. The minimum Gasteiger partial charge on any atom is -0.469 e. The first kappa shape index (κ1) is 19.4. The number of guanidine groups is 1. The Kier molecular flexibility index (Phi) is 7.91. The number of carbonyl (C=O) groups excluding carboxylic acids is 1. The molecule has 1 aliphatic rings. The van der Waals surface area contributed by atoms with Crippen molar-refractivity contribution in [2.24, 2.45) is 10.9 Å². The lowest BCUT2D eigenvalue weighted by Gasteiger charge is -2.33. The minimum absolute atomic E-state index is 0.0188. The molecule has 0 amide bonds. The normalized spacial score (nSPS) is 17.2. The number of nitrogens with zero attached hydrogens (tertiary/aromatic N) is 2. The lowest BCUT2D eigenvalue weighted by atomic mass is 9.97. The molecular formula is C18H27N3O3S. The molecule has 0 spiro atoms. The number of benzene rings is 1. The van der Waals surface area contributed by atoms with Gasteiger partial charge >= 0.3 is 5.97 Å². The third-order valence-electron chi connectivity index (χ3n) is 4.21. The highest BCUT2D eigenvalue weighted by Gasteiger charge is 2.26. The second-order valence-electron chi connectivity index (χ2n) is 5.88. The van der Waals surface area contributed by atoms with E-state index in [1.165, 1.54) is 7.11 Å². The first-order valence-electron chi connectivity index (χ1n) is 8.70. The summed E-state index contributed by atoms with van der Waals surface area (Å²) in [7, 11) is 0.401. The molecule has 6 nitrogen and oxygen atoms in total. The van der Waals surface area contributed by atoms with Crippen LogP contribution in [0.4, 0.5) is 0 Å². The molecule has 1 aromatic carbocycles. The lowest BCUT2D eigenvalue weighted by Crippen LogP contribution is -2.46. The average molecular weight is 365 g/mol. The van der Waals surface area contributed by atoms with Crippen LogP contribution >= 0.6 is 0 Å². The van der Waals surface area contributed by atoms with Crippen LogP contribution in [-0.4, -0.2) is 60.1 Å². The molecule has 1 saturated heterocycles. The third-order valence-corrected chi connectivity index (χ3v) is 5.56. The number of ether oxygens (including phenoxy) is 1. The van der Waals surface area contributed by atoms with Gasteiger partial charge < -0.3 is 15.0 Å². The Morgan fingerprint density at radius 3 is 2.60 bits per heavy atom. The van der Waals surface area contributed by atoms with Crippen LogP contribution in [0.1, 0.15) is 19.8 Å². The molecule has 1 heterocycles. The molecule has 1 atom stereocenters. The Hall–Kier alpha value is -1.89. The third kappa shape index (κ3) is 5.85. The summed E-state index contributed by atoms with van der Waals surface area (Å²) < 4.78 is 17.1. The molecule has 1 aromatic rings. The Morgan fingerprint density at radius 2 is 2.00 bits per heavy atom. The number of carbonyl (C=O) groups is 1. The quantitative estimate of drug-likeness (QED) is 0.471. The monoisotopic (exact) mass is 365 g/mol. The van der Waals surface area contributed by atoms with Crippen molar-refractivity contribution in [3.8, 4) is 0 Å². The molecule has 138 valence electrons. The standard InChI is InChI=1S/C18H27N3O3S/c1-3-19-18(21-12-9-15(10-13-21)17(22)24-2)20-11-14-25(23)16-7-5-4-6-8-16/h4-8,15H,3,9-14H2,1-2H3,(H,19,20). The van der Waals surface area contributed by atoms with Crippen molar-refractivity contribution < 1.29 is 13.7 Å². The zero-order valence-corrected chi connectivity index (χ0v) is 15.8. The van der Waals surface area contributed by atoms with Crippen LogP contribution in [0.15, 0.2) is 40.2 Å². The lowest BCUT2D eigenvalue weighted by molar-refractivity contribution is -0.146. The Morgan fingerprint density at radius 1 is 1.32 bits per heavy atom. The summed E-state index contributed by atoms with van der Waals surface area (Å²) in [5.74, 6) is 1.18. The maximum Gasteiger partial charge on any atom is 0.308 e. The molecular weight excluding hydrogens is 338 g/mol. The molecule has 2 rings (SSSR count). The van der Waals surface area contributed by atoms with E-state index in [1.807, 2.05) is 37.3 Å². The van der Waals surface area contributed by atoms with Gasteiger partial charge in [-0.3, -0.25) is 14.0 Å². The summed E-state index contributed by atoms with van der Waals surface area (Å²) in [4.78, 5) is 19.2. The van der Waals surface area contributed by atoms with Gasteiger partial charge in [0.15, 0.2) is 5.96 Å². The summed E-state index contributed by atoms with van der Waals surface area (Å²) in [6.07, 6.45) is 1.54. The molecule has 0 radical (unpaired) electrons. The van der Waals surface area contributed by atoms with Gasteiger partial charge in [-0.1, -0.05) is 18.2 Å². The molecule has 0 saturated carbocycles. The van der Waals surface area contributed by atoms with Gasteiger partial charge in [-0.25, -0.2) is 0 Å². The number of hydrogen-bond acceptors (Lipinski definition) is 4. The SMILES string of the molecule is CCNC(=NCCS(=O)c1ccccc1)N1CCC(C(=O)OC)CC1. The molecule has 1 N–H and O–H groups in total. The predicted molar refractivity (Wildman–Crippen MR) is 100 cm³/mol. The highest BCUT2D eigenvalue weighted by atomic mass is 32.2. The maximum absolute atomic E-state index is 12.3. The van der Waals surface area contributed by atoms with Crippen molar-refractivity contribution in [1.29, 1.82) is 0 Å². The van der Waals surface area contributed by atoms with E-state index in [0.717, 1.165) is 43.3 Å². The van der Waals surface area contributed by atoms with Crippen molar-refractivity contribution in [1.82, 2.24) is 10.2 Å². The van der Waals surface area contributed by atoms with E-state index in [0.29, 0.717) is 12.3 Å². The van der Waals surface area contributed by atoms with E-state index in [1.54, 1.807) is 0 Å². The van der Waals surface area contributed by atoms with Crippen LogP contribution in [0.3, 0.4) is 0 Å². The van der Waals surface area contributed by atoms with Gasteiger partial charge in [-0.15, -0.1) is 0 Å². The van der Waals surface area contributed by atoms with E-state index >= 15 is 0 Å². The van der Waals surface area contributed by atoms with Crippen LogP contribution in [0.5, 0.6) is 0 Å². The zero-order chi connectivity index (χ0) is 18.1. The van der Waals surface area contributed by atoms with E-state index in [2.05, 4.69) is 15.2 Å². The number of esters is 1. The Balaban J connectivity index is 1.88. The minimum atomic E-state index is -1.04. The van der Waals surface area contributed by atoms with Crippen molar-refractivity contribution in [3.05, 3.63) is 30.3 Å². The zero-order valence-electron chi connectivity index (χ0n) is 14.9. The highest BCUT2D eigenvalue weighted by molar-refractivity contribution is 7.85. The van der Waals surface area contributed by atoms with Crippen LogP contribution < -0.4 is 5.32 Å². The largest absolute Gasteiger partial charge is 0.469 e. The van der Waals surface area contributed by atoms with E-state index in [9.17, 15) is 9.00 Å². The van der Waals surface area contributed by atoms with E-state index in [-0.39, 0.29) is 11.9 Å². The van der Waals surface area contributed by atoms with Crippen molar-refractivity contribution in [3.63, 3.8) is 0 Å². The highest BCUT2D eigenvalue weighted by Crippen LogP contribution is 2.18. The second-order valence-corrected chi connectivity index (χ2v) is 7.45. The predicted octanol–water partition coefficient (Wildman–Crippen LogP) is 1.64. The smallest absolute Gasteiger partial charge is 0.308 e. The van der Waals surface area contributed by atoms with Crippen molar-refractivity contribution >= 4 is 22.7 Å². The van der Waals surface area contributed by atoms with Gasteiger partial charge in [-0.2, -0.15) is 0 Å². The summed E-state index contributed by atoms with van der Waals surface area (Å²) in [5.41, 5.74) is 0. The van der Waals surface area contributed by atoms with Gasteiger partial charge in [0.2, 0.25) is 0 Å². The number of piperidine rings is 1. The molecule has 0 aromatic heterocycles. The van der Waals surface area contributed by atoms with E-state index < -0.39 is 10.8 Å². The van der Waals surface area contributed by atoms with Gasteiger partial charge in [-0.05, 0) is 31.9 Å². The Labute approximate surface area is 152 Å². The topological polar surface area (TPSA) is 71.0 Å². The number of methoxy groups -OCH3 is 1. The molecule has 7 heteroatoms. The number of rotatable bonds is 6. The average Bonchev–Trinajstić information content (AvgIpc) is 2.67. The Bertz CT molecular complexity index is 599. The molecule has 1 unspecified atom stereocenters. The van der Waals surface area contributed by atoms with Crippen LogP contribution in [-0.2, 0) is 20.3 Å². The summed E-state index contributed by atoms with van der Waals surface area (Å²) in [6.45, 7) is 4.85. The second kappa shape index (κ2) is 10.2. The first-order chi connectivity index (χ1) is 12.2. The van der Waals surface area contributed by atoms with Gasteiger partial charge in [0.1, 0.15) is 0 Å². The molecule has 1 aliphatic heterocycles. The fourth-order valence-corrected chi connectivity index (χ4v) is 3.80. The van der Waals surface area contributed by atoms with Crippen molar-refractivity contribution in [2.45, 2.75) is 24.7 Å². The first-order valence-corrected chi connectivity index (χ1v) is 10.0. The fraction of sp³-hybridized carbons (Fsp3) is 0.556. The van der Waals surface area contributed by atoms with E-state index in [4.69, 9.17) is 4.74 Å². The molecule has 0 bridgehead atoms. The summed E-state index contributed by atoms with van der Waals surface area (Å²) in [6, 6.07) is 9.46. The number of nitrogens with one attached hydrogen (secondary N) is 1. The van der Waals surface area contributed by atoms with Crippen molar-refractivity contribution in [2.75, 3.05) is 39.0 Å². The van der Waals surface area contributed by atoms with Crippen LogP contribution in [0.2, 0.25) is 0 Å². The summed E-state index contributed by atoms with van der Waals surface area (Å²) in [5, 5.41) is 3.28. The van der Waals surface area contributed by atoms with Crippen LogP contribution in [0, 0.1) is 5.92 Å².